The lowest BCUT2D eigenvalue weighted by Gasteiger charge is -2.20. The van der Waals surface area contributed by atoms with Crippen molar-refractivity contribution in [1.82, 2.24) is 16.0 Å². The van der Waals surface area contributed by atoms with Crippen molar-refractivity contribution in [3.05, 3.63) is 70.3 Å². The van der Waals surface area contributed by atoms with Crippen molar-refractivity contribution >= 4 is 65.8 Å². The van der Waals surface area contributed by atoms with Crippen LogP contribution in [-0.4, -0.2) is 90.8 Å². The Kier molecular flexibility index (Phi) is 21.5. The quantitative estimate of drug-likeness (QED) is 0.155. The van der Waals surface area contributed by atoms with Crippen LogP contribution in [0.25, 0.3) is 0 Å². The average Bonchev–Trinajstić information content (AvgIpc) is 3.73. The van der Waals surface area contributed by atoms with Gasteiger partial charge in [-0.15, -0.1) is 35.9 Å². The molecule has 4 rings (SSSR count). The van der Waals surface area contributed by atoms with Crippen molar-refractivity contribution in [2.24, 2.45) is 5.73 Å². The van der Waals surface area contributed by atoms with E-state index < -0.39 is 69.3 Å². The molecule has 7 N–H and O–H groups in total. The van der Waals surface area contributed by atoms with E-state index in [-0.39, 0.29) is 80.0 Å². The van der Waals surface area contributed by atoms with Crippen LogP contribution >= 0.6 is 35.9 Å². The van der Waals surface area contributed by atoms with Gasteiger partial charge in [-0.3, -0.25) is 9.59 Å². The van der Waals surface area contributed by atoms with Crippen molar-refractivity contribution in [1.29, 1.82) is 0 Å². The SMILES string of the molecule is CC(C)(C)OC(N)=O.Cl.N.O=C(O)C1SCCN1C(=O)CCCc1cc(F)c(F)cc1F.O=C(O)C1SCCN1C(=O)CCCc1cc(F)c(F)cc1F. The van der Waals surface area contributed by atoms with Crippen molar-refractivity contribution in [3.8, 4) is 0 Å². The number of hydrogen-bond acceptors (Lipinski definition) is 9. The Balaban J connectivity index is 0.000000843. The Hall–Kier alpha value is -3.88. The van der Waals surface area contributed by atoms with Gasteiger partial charge < -0.3 is 36.6 Å². The maximum absolute atomic E-state index is 13.4. The third-order valence-electron chi connectivity index (χ3n) is 7.10. The molecule has 21 heteroatoms. The smallest absolute Gasteiger partial charge is 0.405 e. The number of nitrogens with two attached hydrogens (primary N) is 1. The van der Waals surface area contributed by atoms with Gasteiger partial charge in [0.15, 0.2) is 34.0 Å². The Morgan fingerprint density at radius 1 is 0.704 bits per heavy atom. The number of thioether (sulfide) groups is 2. The molecule has 0 bridgehead atoms. The third kappa shape index (κ3) is 16.2. The highest BCUT2D eigenvalue weighted by Crippen LogP contribution is 2.26. The fourth-order valence-electron chi connectivity index (χ4n) is 4.82. The summed E-state index contributed by atoms with van der Waals surface area (Å²) >= 11 is 2.35. The largest absolute Gasteiger partial charge is 0.479 e. The van der Waals surface area contributed by atoms with Gasteiger partial charge >= 0.3 is 18.0 Å². The second-order valence-corrected chi connectivity index (χ2v) is 14.6. The van der Waals surface area contributed by atoms with Crippen molar-refractivity contribution in [2.75, 3.05) is 24.6 Å². The first kappa shape index (κ1) is 50.1. The Morgan fingerprint density at radius 2 is 1.04 bits per heavy atom. The number of amides is 3. The highest BCUT2D eigenvalue weighted by molar-refractivity contribution is 8.01. The molecule has 2 atom stereocenters. The van der Waals surface area contributed by atoms with E-state index in [4.69, 9.17) is 15.9 Å². The zero-order valence-electron chi connectivity index (χ0n) is 29.6. The molecule has 54 heavy (non-hydrogen) atoms. The predicted octanol–water partition coefficient (Wildman–Crippen LogP) is 6.29. The van der Waals surface area contributed by atoms with E-state index >= 15 is 0 Å². The lowest BCUT2D eigenvalue weighted by Crippen LogP contribution is -2.39. The summed E-state index contributed by atoms with van der Waals surface area (Å²) in [6.07, 6.45) is -0.0487. The van der Waals surface area contributed by atoms with Gasteiger partial charge in [-0.2, -0.15) is 0 Å². The summed E-state index contributed by atoms with van der Waals surface area (Å²) in [5, 5.41) is 16.2. The summed E-state index contributed by atoms with van der Waals surface area (Å²) in [6.45, 7) is 6.01. The topological polar surface area (TPSA) is 203 Å². The summed E-state index contributed by atoms with van der Waals surface area (Å²) in [7, 11) is 0. The van der Waals surface area contributed by atoms with E-state index in [9.17, 15) is 50.3 Å². The summed E-state index contributed by atoms with van der Waals surface area (Å²) in [6, 6.07) is 2.51. The zero-order chi connectivity index (χ0) is 39.3. The number of nitrogens with zero attached hydrogens (tertiary/aromatic N) is 2. The molecule has 2 unspecified atom stereocenters. The van der Waals surface area contributed by atoms with E-state index in [2.05, 4.69) is 4.74 Å². The minimum Gasteiger partial charge on any atom is -0.479 e. The van der Waals surface area contributed by atoms with Gasteiger partial charge in [0.25, 0.3) is 0 Å². The van der Waals surface area contributed by atoms with Crippen LogP contribution in [0, 0.1) is 34.9 Å². The first-order valence-electron chi connectivity index (χ1n) is 15.7. The molecule has 2 aromatic rings. The molecule has 0 aliphatic carbocycles. The summed E-state index contributed by atoms with van der Waals surface area (Å²) in [5.41, 5.74) is 4.26. The molecule has 3 amide bonds. The Morgan fingerprint density at radius 3 is 1.31 bits per heavy atom. The van der Waals surface area contributed by atoms with Gasteiger partial charge in [-0.25, -0.2) is 40.7 Å². The highest BCUT2D eigenvalue weighted by Gasteiger charge is 2.35. The number of hydrogen-bond donors (Lipinski definition) is 4. The molecule has 12 nitrogen and oxygen atoms in total. The molecule has 0 spiro atoms. The predicted molar refractivity (Wildman–Crippen MR) is 192 cm³/mol. The molecule has 2 heterocycles. The zero-order valence-corrected chi connectivity index (χ0v) is 32.0. The maximum atomic E-state index is 13.4. The first-order chi connectivity index (χ1) is 24.2. The van der Waals surface area contributed by atoms with Crippen molar-refractivity contribution in [2.45, 2.75) is 75.6 Å². The molecule has 2 saturated heterocycles. The minimum absolute atomic E-state index is 0. The molecule has 0 saturated carbocycles. The number of rotatable bonds is 10. The lowest BCUT2D eigenvalue weighted by atomic mass is 10.1. The molecular formula is C33H43ClF6N4O8S2. The fourth-order valence-corrected chi connectivity index (χ4v) is 6.96. The van der Waals surface area contributed by atoms with Gasteiger partial charge in [0.05, 0.1) is 0 Å². The van der Waals surface area contributed by atoms with Crippen LogP contribution < -0.4 is 11.9 Å². The fraction of sp³-hybridized carbons (Fsp3) is 0.485. The van der Waals surface area contributed by atoms with Crippen LogP contribution in [0.4, 0.5) is 31.1 Å². The van der Waals surface area contributed by atoms with Gasteiger partial charge in [-0.1, -0.05) is 0 Å². The van der Waals surface area contributed by atoms with Crippen LogP contribution in [0.5, 0.6) is 0 Å². The normalized spacial score (nSPS) is 16.1. The number of carbonyl (C=O) groups is 5. The second-order valence-electron chi connectivity index (χ2n) is 12.3. The molecule has 2 aromatic carbocycles. The Bertz CT molecular complexity index is 1520. The van der Waals surface area contributed by atoms with E-state index in [1.807, 2.05) is 0 Å². The van der Waals surface area contributed by atoms with Gasteiger partial charge in [-0.05, 0) is 69.7 Å². The first-order valence-corrected chi connectivity index (χ1v) is 17.8. The maximum Gasteiger partial charge on any atom is 0.405 e. The highest BCUT2D eigenvalue weighted by atomic mass is 35.5. The summed E-state index contributed by atoms with van der Waals surface area (Å²) < 4.78 is 83.1. The number of aliphatic carboxylic acids is 2. The van der Waals surface area contributed by atoms with Crippen molar-refractivity contribution < 1.29 is 65.3 Å². The van der Waals surface area contributed by atoms with E-state index in [1.165, 1.54) is 33.3 Å². The van der Waals surface area contributed by atoms with E-state index in [0.29, 0.717) is 36.7 Å². The third-order valence-corrected chi connectivity index (χ3v) is 9.48. The number of ether oxygens (including phenoxy) is 1. The molecule has 2 aliphatic heterocycles. The second kappa shape index (κ2) is 23.1. The molecule has 0 aromatic heterocycles. The molecule has 304 valence electrons. The molecule has 2 aliphatic rings. The summed E-state index contributed by atoms with van der Waals surface area (Å²) in [4.78, 5) is 58.5. The number of carboxylic acids is 2. The van der Waals surface area contributed by atoms with Gasteiger partial charge in [0.1, 0.15) is 17.2 Å². The number of benzene rings is 2. The number of carbonyl (C=O) groups excluding carboxylic acids is 3. The molecule has 0 radical (unpaired) electrons. The van der Waals surface area contributed by atoms with E-state index in [0.717, 1.165) is 12.1 Å². The van der Waals surface area contributed by atoms with Gasteiger partial charge in [0, 0.05) is 49.6 Å². The monoisotopic (exact) mass is 836 g/mol. The molecular weight excluding hydrogens is 794 g/mol. The Labute approximate surface area is 322 Å². The van der Waals surface area contributed by atoms with Gasteiger partial charge in [0.2, 0.25) is 11.8 Å². The standard InChI is InChI=1S/2C14H14F3NO3S.C5H11NO2.ClH.H3N/c2*15-9-7-11(17)10(16)6-8(9)2-1-3-12(19)18-4-5-22-13(18)14(20)21;1-5(2,3)8-4(6)7;;/h2*6-7,13H,1-5H2,(H,20,21);1-3H3,(H2,6,7);1H;1H3. The average molecular weight is 837 g/mol. The minimum atomic E-state index is -1.25. The van der Waals surface area contributed by atoms with Crippen LogP contribution in [-0.2, 0) is 36.8 Å². The number of halogens is 7. The number of carboxylic acid groups (broad SMARTS) is 2. The molecule has 2 fully saturated rings. The summed E-state index contributed by atoms with van der Waals surface area (Å²) in [5.74, 6) is -8.18. The van der Waals surface area contributed by atoms with Crippen LogP contribution in [0.2, 0.25) is 0 Å². The van der Waals surface area contributed by atoms with E-state index in [1.54, 1.807) is 20.8 Å². The van der Waals surface area contributed by atoms with Crippen LogP contribution in [0.1, 0.15) is 57.6 Å². The number of aryl methyl sites for hydroxylation is 2. The van der Waals surface area contributed by atoms with Crippen LogP contribution in [0.3, 0.4) is 0 Å². The van der Waals surface area contributed by atoms with Crippen LogP contribution in [0.15, 0.2) is 24.3 Å². The lowest BCUT2D eigenvalue weighted by molar-refractivity contribution is -0.145. The van der Waals surface area contributed by atoms with Crippen molar-refractivity contribution in [3.63, 3.8) is 0 Å². The number of primary amides is 1.